The summed E-state index contributed by atoms with van der Waals surface area (Å²) in [4.78, 5) is 11.0. The first-order chi connectivity index (χ1) is 8.40. The molecule has 0 radical (unpaired) electrons. The number of benzene rings is 1. The molecule has 0 bridgehead atoms. The van der Waals surface area contributed by atoms with Crippen molar-refractivity contribution in [3.63, 3.8) is 0 Å². The summed E-state index contributed by atoms with van der Waals surface area (Å²) in [7, 11) is 0. The Kier molecular flexibility index (Phi) is 2.52. The van der Waals surface area contributed by atoms with Gasteiger partial charge in [-0.15, -0.1) is 0 Å². The number of hydrogen-bond donors (Lipinski definition) is 0. The van der Waals surface area contributed by atoms with Crippen LogP contribution in [0.25, 0.3) is 11.3 Å². The summed E-state index contributed by atoms with van der Waals surface area (Å²) in [6.07, 6.45) is 5.17. The molecular formula is C14H13NO2. The molecular weight excluding hydrogens is 214 g/mol. The number of aromatic nitrogens is 1. The highest BCUT2D eigenvalue weighted by Gasteiger charge is 2.21. The molecule has 1 heterocycles. The quantitative estimate of drug-likeness (QED) is 0.740. The van der Waals surface area contributed by atoms with E-state index in [1.54, 1.807) is 0 Å². The fraction of sp³-hybridized carbons (Fsp3) is 0.286. The van der Waals surface area contributed by atoms with Crippen LogP contribution in [0, 0.1) is 0 Å². The summed E-state index contributed by atoms with van der Waals surface area (Å²) in [6, 6.07) is 7.52. The zero-order valence-electron chi connectivity index (χ0n) is 9.48. The highest BCUT2D eigenvalue weighted by atomic mass is 16.5. The lowest BCUT2D eigenvalue weighted by Crippen LogP contribution is -2.00. The number of carbonyl (C=O) groups excluding carboxylic acids is 1. The van der Waals surface area contributed by atoms with E-state index in [4.69, 9.17) is 4.52 Å². The van der Waals surface area contributed by atoms with Crippen LogP contribution in [0.3, 0.4) is 0 Å². The molecule has 0 saturated carbocycles. The van der Waals surface area contributed by atoms with E-state index in [9.17, 15) is 4.79 Å². The second-order valence-corrected chi connectivity index (χ2v) is 4.35. The first-order valence-corrected chi connectivity index (χ1v) is 5.92. The van der Waals surface area contributed by atoms with Gasteiger partial charge in [-0.1, -0.05) is 29.4 Å². The maximum absolute atomic E-state index is 11.0. The molecule has 2 aromatic rings. The van der Waals surface area contributed by atoms with E-state index in [1.807, 2.05) is 24.3 Å². The Balaban J connectivity index is 2.15. The zero-order chi connectivity index (χ0) is 11.7. The van der Waals surface area contributed by atoms with Crippen molar-refractivity contribution in [3.05, 3.63) is 41.2 Å². The normalized spacial score (nSPS) is 14.4. The van der Waals surface area contributed by atoms with Gasteiger partial charge in [-0.05, 0) is 19.3 Å². The van der Waals surface area contributed by atoms with E-state index in [0.717, 1.165) is 42.6 Å². The number of rotatable bonds is 2. The summed E-state index contributed by atoms with van der Waals surface area (Å²) in [5.41, 5.74) is 3.59. The molecule has 1 aliphatic rings. The summed E-state index contributed by atoms with van der Waals surface area (Å²) in [5.74, 6) is 0.993. The standard InChI is InChI=1S/C14H13NO2/c16-9-10-5-1-2-6-11(10)14-12-7-3-4-8-13(12)17-15-14/h1-2,5-6,9H,3-4,7-8H2. The third-order valence-electron chi connectivity index (χ3n) is 3.29. The average molecular weight is 227 g/mol. The van der Waals surface area contributed by atoms with Crippen molar-refractivity contribution in [3.8, 4) is 11.3 Å². The number of fused-ring (bicyclic) bond motifs is 1. The van der Waals surface area contributed by atoms with E-state index in [-0.39, 0.29) is 0 Å². The summed E-state index contributed by atoms with van der Waals surface area (Å²) in [6.45, 7) is 0. The molecule has 0 fully saturated rings. The molecule has 0 aliphatic heterocycles. The van der Waals surface area contributed by atoms with Gasteiger partial charge in [-0.25, -0.2) is 0 Å². The molecule has 0 unspecified atom stereocenters. The van der Waals surface area contributed by atoms with Crippen LogP contribution in [0.4, 0.5) is 0 Å². The second kappa shape index (κ2) is 4.17. The van der Waals surface area contributed by atoms with Crippen LogP contribution in [0.15, 0.2) is 28.8 Å². The number of hydrogen-bond acceptors (Lipinski definition) is 3. The first kappa shape index (κ1) is 10.3. The first-order valence-electron chi connectivity index (χ1n) is 5.92. The van der Waals surface area contributed by atoms with Gasteiger partial charge in [-0.2, -0.15) is 0 Å². The van der Waals surface area contributed by atoms with Crippen molar-refractivity contribution in [2.45, 2.75) is 25.7 Å². The molecule has 0 atom stereocenters. The van der Waals surface area contributed by atoms with Gasteiger partial charge in [-0.3, -0.25) is 4.79 Å². The van der Waals surface area contributed by atoms with Gasteiger partial charge in [0.2, 0.25) is 0 Å². The van der Waals surface area contributed by atoms with Gasteiger partial charge in [0.25, 0.3) is 0 Å². The lowest BCUT2D eigenvalue weighted by molar-refractivity contribution is 0.112. The molecule has 86 valence electrons. The Labute approximate surface area is 99.4 Å². The SMILES string of the molecule is O=Cc1ccccc1-c1noc2c1CCCC2. The predicted octanol–water partition coefficient (Wildman–Crippen LogP) is 3.03. The van der Waals surface area contributed by atoms with Gasteiger partial charge < -0.3 is 4.52 Å². The molecule has 3 nitrogen and oxygen atoms in total. The maximum atomic E-state index is 11.0. The van der Waals surface area contributed by atoms with Gasteiger partial charge in [0.1, 0.15) is 11.5 Å². The van der Waals surface area contributed by atoms with Gasteiger partial charge in [0.05, 0.1) is 0 Å². The van der Waals surface area contributed by atoms with Gasteiger partial charge >= 0.3 is 0 Å². The van der Waals surface area contributed by atoms with Crippen molar-refractivity contribution in [2.24, 2.45) is 0 Å². The minimum atomic E-state index is 0.675. The van der Waals surface area contributed by atoms with E-state index in [2.05, 4.69) is 5.16 Å². The number of carbonyl (C=O) groups is 1. The minimum absolute atomic E-state index is 0.675. The van der Waals surface area contributed by atoms with Crippen LogP contribution < -0.4 is 0 Å². The van der Waals surface area contributed by atoms with Crippen LogP contribution in [-0.4, -0.2) is 11.4 Å². The van der Waals surface area contributed by atoms with Crippen LogP contribution in [0.2, 0.25) is 0 Å². The molecule has 1 aromatic carbocycles. The maximum Gasteiger partial charge on any atom is 0.150 e. The third-order valence-corrected chi connectivity index (χ3v) is 3.29. The number of nitrogens with zero attached hydrogens (tertiary/aromatic N) is 1. The summed E-state index contributed by atoms with van der Waals surface area (Å²) < 4.78 is 5.38. The van der Waals surface area contributed by atoms with Crippen LogP contribution in [0.5, 0.6) is 0 Å². The average Bonchev–Trinajstić information content (AvgIpc) is 2.82. The topological polar surface area (TPSA) is 43.1 Å². The monoisotopic (exact) mass is 227 g/mol. The molecule has 0 spiro atoms. The Morgan fingerprint density at radius 1 is 1.18 bits per heavy atom. The van der Waals surface area contributed by atoms with Crippen molar-refractivity contribution < 1.29 is 9.32 Å². The van der Waals surface area contributed by atoms with Crippen molar-refractivity contribution in [1.82, 2.24) is 5.16 Å². The van der Waals surface area contributed by atoms with Gasteiger partial charge in [0.15, 0.2) is 6.29 Å². The molecule has 3 heteroatoms. The zero-order valence-corrected chi connectivity index (χ0v) is 9.48. The Hall–Kier alpha value is -1.90. The third kappa shape index (κ3) is 1.68. The molecule has 0 saturated heterocycles. The van der Waals surface area contributed by atoms with E-state index in [0.29, 0.717) is 5.56 Å². The lowest BCUT2D eigenvalue weighted by Gasteiger charge is -2.09. The largest absolute Gasteiger partial charge is 0.360 e. The molecule has 0 N–H and O–H groups in total. The fourth-order valence-electron chi connectivity index (χ4n) is 2.41. The van der Waals surface area contributed by atoms with Crippen LogP contribution in [-0.2, 0) is 12.8 Å². The van der Waals surface area contributed by atoms with Crippen molar-refractivity contribution in [1.29, 1.82) is 0 Å². The number of aryl methyl sites for hydroxylation is 1. The van der Waals surface area contributed by atoms with Crippen LogP contribution >= 0.6 is 0 Å². The molecule has 0 amide bonds. The van der Waals surface area contributed by atoms with Crippen molar-refractivity contribution >= 4 is 6.29 Å². The molecule has 1 aromatic heterocycles. The smallest absolute Gasteiger partial charge is 0.150 e. The van der Waals surface area contributed by atoms with Crippen LogP contribution in [0.1, 0.15) is 34.5 Å². The Morgan fingerprint density at radius 3 is 2.88 bits per heavy atom. The summed E-state index contributed by atoms with van der Waals surface area (Å²) >= 11 is 0. The summed E-state index contributed by atoms with van der Waals surface area (Å²) in [5, 5.41) is 4.14. The minimum Gasteiger partial charge on any atom is -0.360 e. The fourth-order valence-corrected chi connectivity index (χ4v) is 2.41. The highest BCUT2D eigenvalue weighted by Crippen LogP contribution is 2.32. The predicted molar refractivity (Wildman–Crippen MR) is 64.0 cm³/mol. The second-order valence-electron chi connectivity index (χ2n) is 4.35. The molecule has 17 heavy (non-hydrogen) atoms. The van der Waals surface area contributed by atoms with E-state index < -0.39 is 0 Å². The molecule has 1 aliphatic carbocycles. The number of aldehydes is 1. The van der Waals surface area contributed by atoms with Crippen molar-refractivity contribution in [2.75, 3.05) is 0 Å². The highest BCUT2D eigenvalue weighted by molar-refractivity contribution is 5.87. The van der Waals surface area contributed by atoms with E-state index in [1.165, 1.54) is 12.0 Å². The van der Waals surface area contributed by atoms with E-state index >= 15 is 0 Å². The lowest BCUT2D eigenvalue weighted by atomic mass is 9.93. The Morgan fingerprint density at radius 2 is 2.00 bits per heavy atom. The molecule has 3 rings (SSSR count). The Bertz CT molecular complexity index is 557. The van der Waals surface area contributed by atoms with Gasteiger partial charge in [0, 0.05) is 23.1 Å².